The summed E-state index contributed by atoms with van der Waals surface area (Å²) < 4.78 is 0.910. The predicted molar refractivity (Wildman–Crippen MR) is 62.4 cm³/mol. The second kappa shape index (κ2) is 5.83. The molecule has 5 heteroatoms. The first-order valence-electron chi connectivity index (χ1n) is 3.55. The first kappa shape index (κ1) is 13.2. The molecule has 1 atom stereocenters. The molecule has 0 saturated carbocycles. The van der Waals surface area contributed by atoms with Crippen LogP contribution in [0.1, 0.15) is 11.6 Å². The van der Waals surface area contributed by atoms with Crippen LogP contribution in [0.3, 0.4) is 0 Å². The molecule has 0 fully saturated rings. The molecule has 13 heavy (non-hydrogen) atoms. The van der Waals surface area contributed by atoms with E-state index in [-0.39, 0.29) is 18.4 Å². The molecular weight excluding hydrogens is 275 g/mol. The van der Waals surface area contributed by atoms with Crippen molar-refractivity contribution in [3.8, 4) is 0 Å². The predicted octanol–water partition coefficient (Wildman–Crippen LogP) is 2.48. The third-order valence-corrected chi connectivity index (χ3v) is 2.54. The lowest BCUT2D eigenvalue weighted by Gasteiger charge is -2.10. The van der Waals surface area contributed by atoms with Gasteiger partial charge in [-0.1, -0.05) is 33.6 Å². The zero-order valence-corrected chi connectivity index (χ0v) is 9.99. The van der Waals surface area contributed by atoms with Gasteiger partial charge in [-0.15, -0.1) is 12.4 Å². The van der Waals surface area contributed by atoms with Crippen LogP contribution in [0.15, 0.2) is 22.7 Å². The molecule has 1 rings (SSSR count). The van der Waals surface area contributed by atoms with Crippen molar-refractivity contribution in [3.05, 3.63) is 33.3 Å². The Hall–Kier alpha value is 0.200. The Labute approximate surface area is 97.2 Å². The van der Waals surface area contributed by atoms with Gasteiger partial charge >= 0.3 is 0 Å². The summed E-state index contributed by atoms with van der Waals surface area (Å²) in [6.45, 7) is 0.431. The molecule has 0 radical (unpaired) electrons. The highest BCUT2D eigenvalue weighted by atomic mass is 79.9. The minimum atomic E-state index is -0.128. The monoisotopic (exact) mass is 284 g/mol. The van der Waals surface area contributed by atoms with E-state index >= 15 is 0 Å². The van der Waals surface area contributed by atoms with Crippen LogP contribution in [-0.2, 0) is 0 Å². The first-order valence-corrected chi connectivity index (χ1v) is 4.73. The van der Waals surface area contributed by atoms with Crippen molar-refractivity contribution in [1.29, 1.82) is 0 Å². The normalized spacial score (nSPS) is 12.0. The minimum absolute atomic E-state index is 0. The van der Waals surface area contributed by atoms with E-state index in [1.165, 1.54) is 0 Å². The molecule has 74 valence electrons. The summed E-state index contributed by atoms with van der Waals surface area (Å²) in [6, 6.07) is 5.37. The summed E-state index contributed by atoms with van der Waals surface area (Å²) in [6.07, 6.45) is 0. The van der Waals surface area contributed by atoms with Crippen molar-refractivity contribution < 1.29 is 0 Å². The Morgan fingerprint density at radius 1 is 1.46 bits per heavy atom. The van der Waals surface area contributed by atoms with Crippen LogP contribution in [0.5, 0.6) is 0 Å². The molecule has 4 N–H and O–H groups in total. The van der Waals surface area contributed by atoms with Crippen molar-refractivity contribution in [2.45, 2.75) is 6.04 Å². The van der Waals surface area contributed by atoms with Gasteiger partial charge in [-0.05, 0) is 17.7 Å². The summed E-state index contributed by atoms with van der Waals surface area (Å²) in [5.74, 6) is 0. The van der Waals surface area contributed by atoms with Crippen LogP contribution in [-0.4, -0.2) is 6.54 Å². The molecule has 1 aromatic carbocycles. The maximum atomic E-state index is 5.76. The van der Waals surface area contributed by atoms with E-state index in [0.29, 0.717) is 11.6 Å². The Kier molecular flexibility index (Phi) is 5.92. The van der Waals surface area contributed by atoms with Gasteiger partial charge in [0.1, 0.15) is 0 Å². The topological polar surface area (TPSA) is 52.0 Å². The fourth-order valence-corrected chi connectivity index (χ4v) is 1.91. The molecule has 0 bridgehead atoms. The summed E-state index contributed by atoms with van der Waals surface area (Å²) in [7, 11) is 0. The van der Waals surface area contributed by atoms with E-state index in [2.05, 4.69) is 15.9 Å². The molecule has 0 aliphatic rings. The van der Waals surface area contributed by atoms with Crippen LogP contribution < -0.4 is 11.5 Å². The maximum Gasteiger partial charge on any atom is 0.0430 e. The summed E-state index contributed by atoms with van der Waals surface area (Å²) in [4.78, 5) is 0. The van der Waals surface area contributed by atoms with Crippen molar-refractivity contribution in [2.75, 3.05) is 6.54 Å². The maximum absolute atomic E-state index is 5.76. The van der Waals surface area contributed by atoms with Gasteiger partial charge in [0.05, 0.1) is 0 Å². The molecular formula is C8H11BrCl2N2. The van der Waals surface area contributed by atoms with Crippen LogP contribution >= 0.6 is 39.9 Å². The van der Waals surface area contributed by atoms with E-state index in [0.717, 1.165) is 10.0 Å². The highest BCUT2D eigenvalue weighted by Crippen LogP contribution is 2.24. The van der Waals surface area contributed by atoms with Crippen LogP contribution in [0.4, 0.5) is 0 Å². The summed E-state index contributed by atoms with van der Waals surface area (Å²) >= 11 is 9.13. The third kappa shape index (κ3) is 3.44. The molecule has 0 aliphatic heterocycles. The molecule has 0 unspecified atom stereocenters. The second-order valence-corrected chi connectivity index (χ2v) is 3.80. The number of hydrogen-bond donors (Lipinski definition) is 2. The zero-order chi connectivity index (χ0) is 9.14. The number of rotatable bonds is 2. The third-order valence-electron chi connectivity index (χ3n) is 1.62. The standard InChI is InChI=1S/C8H10BrClN2.ClH/c9-7-3-5(10)1-2-6(7)8(12)4-11;/h1-3,8H,4,11-12H2;1H/t8-;/m1./s1. The molecule has 1 aromatic rings. The van der Waals surface area contributed by atoms with Crippen molar-refractivity contribution in [1.82, 2.24) is 0 Å². The van der Waals surface area contributed by atoms with E-state index in [9.17, 15) is 0 Å². The van der Waals surface area contributed by atoms with Crippen molar-refractivity contribution in [2.24, 2.45) is 11.5 Å². The Bertz CT molecular complexity index is 281. The van der Waals surface area contributed by atoms with Gasteiger partial charge in [0.15, 0.2) is 0 Å². The fraction of sp³-hybridized carbons (Fsp3) is 0.250. The molecule has 0 saturated heterocycles. The van der Waals surface area contributed by atoms with Gasteiger partial charge in [-0.3, -0.25) is 0 Å². The molecule has 0 spiro atoms. The molecule has 0 heterocycles. The number of hydrogen-bond acceptors (Lipinski definition) is 2. The number of halogens is 3. The molecule has 2 nitrogen and oxygen atoms in total. The van der Waals surface area contributed by atoms with E-state index in [1.807, 2.05) is 12.1 Å². The van der Waals surface area contributed by atoms with Gasteiger partial charge < -0.3 is 11.5 Å². The Balaban J connectivity index is 0.00000144. The van der Waals surface area contributed by atoms with Crippen molar-refractivity contribution >= 4 is 39.9 Å². The summed E-state index contributed by atoms with van der Waals surface area (Å²) in [5.41, 5.74) is 12.2. The SMILES string of the molecule is Cl.NC[C@@H](N)c1ccc(Cl)cc1Br. The van der Waals surface area contributed by atoms with Gasteiger partial charge in [0, 0.05) is 22.1 Å². The van der Waals surface area contributed by atoms with Crippen molar-refractivity contribution in [3.63, 3.8) is 0 Å². The molecule has 0 amide bonds. The lowest BCUT2D eigenvalue weighted by Crippen LogP contribution is -2.21. The number of benzene rings is 1. The van der Waals surface area contributed by atoms with E-state index in [1.54, 1.807) is 6.07 Å². The first-order chi connectivity index (χ1) is 5.65. The van der Waals surface area contributed by atoms with Gasteiger partial charge in [-0.2, -0.15) is 0 Å². The lowest BCUT2D eigenvalue weighted by atomic mass is 10.1. The Morgan fingerprint density at radius 2 is 2.08 bits per heavy atom. The van der Waals surface area contributed by atoms with E-state index in [4.69, 9.17) is 23.1 Å². The van der Waals surface area contributed by atoms with Crippen LogP contribution in [0, 0.1) is 0 Å². The zero-order valence-electron chi connectivity index (χ0n) is 6.84. The number of nitrogens with two attached hydrogens (primary N) is 2. The molecule has 0 aromatic heterocycles. The van der Waals surface area contributed by atoms with E-state index < -0.39 is 0 Å². The Morgan fingerprint density at radius 3 is 2.54 bits per heavy atom. The highest BCUT2D eigenvalue weighted by molar-refractivity contribution is 9.10. The second-order valence-electron chi connectivity index (χ2n) is 2.51. The summed E-state index contributed by atoms with van der Waals surface area (Å²) in [5, 5.41) is 0.690. The average Bonchev–Trinajstić information content (AvgIpc) is 2.03. The van der Waals surface area contributed by atoms with Gasteiger partial charge in [0.25, 0.3) is 0 Å². The average molecular weight is 286 g/mol. The molecule has 0 aliphatic carbocycles. The van der Waals surface area contributed by atoms with Crippen LogP contribution in [0.25, 0.3) is 0 Å². The lowest BCUT2D eigenvalue weighted by molar-refractivity contribution is 0.733. The van der Waals surface area contributed by atoms with Gasteiger partial charge in [0.2, 0.25) is 0 Å². The highest BCUT2D eigenvalue weighted by Gasteiger charge is 2.07. The fourth-order valence-electron chi connectivity index (χ4n) is 0.929. The minimum Gasteiger partial charge on any atom is -0.329 e. The largest absolute Gasteiger partial charge is 0.329 e. The van der Waals surface area contributed by atoms with Gasteiger partial charge in [-0.25, -0.2) is 0 Å². The van der Waals surface area contributed by atoms with Crippen LogP contribution in [0.2, 0.25) is 5.02 Å². The smallest absolute Gasteiger partial charge is 0.0430 e. The quantitative estimate of drug-likeness (QED) is 0.877.